The maximum absolute atomic E-state index is 13.2. The van der Waals surface area contributed by atoms with Gasteiger partial charge >= 0.3 is 0 Å². The number of rotatable bonds is 6. The van der Waals surface area contributed by atoms with Gasteiger partial charge in [0.2, 0.25) is 5.76 Å². The third-order valence-corrected chi connectivity index (χ3v) is 4.23. The molecule has 0 aliphatic rings. The van der Waals surface area contributed by atoms with E-state index in [2.05, 4.69) is 10.1 Å². The molecule has 0 bridgehead atoms. The molecule has 0 unspecified atom stereocenters. The van der Waals surface area contributed by atoms with Crippen LogP contribution in [0.3, 0.4) is 0 Å². The van der Waals surface area contributed by atoms with Crippen LogP contribution in [-0.4, -0.2) is 39.6 Å². The highest BCUT2D eigenvalue weighted by atomic mass is 19.1. The number of benzene rings is 1. The van der Waals surface area contributed by atoms with E-state index in [4.69, 9.17) is 4.52 Å². The Hall–Kier alpha value is -3.06. The molecule has 3 aromatic rings. The van der Waals surface area contributed by atoms with Crippen molar-refractivity contribution in [1.29, 1.82) is 0 Å². The number of aliphatic hydroxyl groups excluding tert-OH is 1. The largest absolute Gasteiger partial charge is 0.388 e. The summed E-state index contributed by atoms with van der Waals surface area (Å²) in [4.78, 5) is 18.5. The van der Waals surface area contributed by atoms with Crippen molar-refractivity contribution in [1.82, 2.24) is 15.0 Å². The van der Waals surface area contributed by atoms with E-state index in [1.165, 1.54) is 36.1 Å². The second-order valence-electron chi connectivity index (χ2n) is 6.25. The Balaban J connectivity index is 1.82. The van der Waals surface area contributed by atoms with E-state index in [1.807, 2.05) is 18.2 Å². The van der Waals surface area contributed by atoms with Crippen molar-refractivity contribution >= 4 is 5.91 Å². The van der Waals surface area contributed by atoms with Gasteiger partial charge in [-0.05, 0) is 43.3 Å². The lowest BCUT2D eigenvalue weighted by atomic mass is 10.0. The molecular weight excluding hydrogens is 349 g/mol. The average Bonchev–Trinajstić information content (AvgIpc) is 3.12. The van der Waals surface area contributed by atoms with Gasteiger partial charge in [0, 0.05) is 37.5 Å². The van der Waals surface area contributed by atoms with Crippen molar-refractivity contribution in [2.75, 3.05) is 13.6 Å². The van der Waals surface area contributed by atoms with Gasteiger partial charge in [0.15, 0.2) is 0 Å². The van der Waals surface area contributed by atoms with E-state index in [-0.39, 0.29) is 23.0 Å². The molecule has 0 aliphatic carbocycles. The zero-order valence-electron chi connectivity index (χ0n) is 15.1. The molecule has 140 valence electrons. The van der Waals surface area contributed by atoms with Crippen LogP contribution in [0.2, 0.25) is 0 Å². The Labute approximate surface area is 156 Å². The zero-order valence-corrected chi connectivity index (χ0v) is 15.1. The number of hydrogen-bond acceptors (Lipinski definition) is 5. The van der Waals surface area contributed by atoms with Gasteiger partial charge < -0.3 is 14.5 Å². The molecule has 1 atom stereocenters. The standard InChI is InChI=1S/C20H20FN3O3/c1-13(25)17-18(14-6-8-15(21)9-7-14)23-27-19(17)20(26)24(2)12-10-16-5-3-4-11-22-16/h3-9,11,13,25H,10,12H2,1-2H3/t13-/m0/s1. The van der Waals surface area contributed by atoms with Crippen LogP contribution in [0.1, 0.15) is 34.8 Å². The predicted octanol–water partition coefficient (Wildman–Crippen LogP) is 3.24. The van der Waals surface area contributed by atoms with Gasteiger partial charge in [-0.2, -0.15) is 0 Å². The van der Waals surface area contributed by atoms with Gasteiger partial charge in [-0.1, -0.05) is 11.2 Å². The number of carbonyl (C=O) groups is 1. The van der Waals surface area contributed by atoms with Crippen LogP contribution in [0, 0.1) is 5.82 Å². The number of aliphatic hydroxyl groups is 1. The summed E-state index contributed by atoms with van der Waals surface area (Å²) in [6, 6.07) is 11.2. The lowest BCUT2D eigenvalue weighted by molar-refractivity contribution is 0.0746. The van der Waals surface area contributed by atoms with Crippen molar-refractivity contribution in [3.8, 4) is 11.3 Å². The molecule has 7 heteroatoms. The van der Waals surface area contributed by atoms with Gasteiger partial charge in [-0.15, -0.1) is 0 Å². The van der Waals surface area contributed by atoms with Crippen molar-refractivity contribution in [3.63, 3.8) is 0 Å². The third-order valence-electron chi connectivity index (χ3n) is 4.23. The summed E-state index contributed by atoms with van der Waals surface area (Å²) in [7, 11) is 1.65. The Kier molecular flexibility index (Phi) is 5.61. The smallest absolute Gasteiger partial charge is 0.292 e. The molecule has 3 rings (SSSR count). The average molecular weight is 369 g/mol. The van der Waals surface area contributed by atoms with Gasteiger partial charge in [0.25, 0.3) is 5.91 Å². The Morgan fingerprint density at radius 3 is 2.63 bits per heavy atom. The van der Waals surface area contributed by atoms with Gasteiger partial charge in [0.1, 0.15) is 11.5 Å². The fourth-order valence-electron chi connectivity index (χ4n) is 2.76. The van der Waals surface area contributed by atoms with Crippen molar-refractivity contribution in [2.24, 2.45) is 0 Å². The fraction of sp³-hybridized carbons (Fsp3) is 0.250. The summed E-state index contributed by atoms with van der Waals surface area (Å²) < 4.78 is 18.4. The molecule has 0 saturated heterocycles. The van der Waals surface area contributed by atoms with E-state index in [0.717, 1.165) is 5.69 Å². The molecule has 2 aromatic heterocycles. The summed E-state index contributed by atoms with van der Waals surface area (Å²) in [6.45, 7) is 1.96. The fourth-order valence-corrected chi connectivity index (χ4v) is 2.76. The van der Waals surface area contributed by atoms with Crippen LogP contribution in [-0.2, 0) is 6.42 Å². The minimum Gasteiger partial charge on any atom is -0.388 e. The van der Waals surface area contributed by atoms with Crippen LogP contribution < -0.4 is 0 Å². The second kappa shape index (κ2) is 8.09. The molecule has 0 aliphatic heterocycles. The van der Waals surface area contributed by atoms with Crippen molar-refractivity contribution < 1.29 is 18.8 Å². The number of halogens is 1. The Morgan fingerprint density at radius 1 is 1.26 bits per heavy atom. The summed E-state index contributed by atoms with van der Waals surface area (Å²) in [6.07, 6.45) is 1.32. The van der Waals surface area contributed by atoms with E-state index >= 15 is 0 Å². The SMILES string of the molecule is C[C@H](O)c1c(-c2ccc(F)cc2)noc1C(=O)N(C)CCc1ccccn1. The number of amides is 1. The molecule has 1 aromatic carbocycles. The summed E-state index contributed by atoms with van der Waals surface area (Å²) in [5.41, 5.74) is 2.05. The molecule has 1 N–H and O–H groups in total. The monoisotopic (exact) mass is 369 g/mol. The molecule has 0 saturated carbocycles. The number of hydrogen-bond donors (Lipinski definition) is 1. The molecule has 0 radical (unpaired) electrons. The van der Waals surface area contributed by atoms with E-state index in [1.54, 1.807) is 13.2 Å². The molecule has 0 spiro atoms. The first kappa shape index (κ1) is 18.7. The molecule has 1 amide bonds. The second-order valence-corrected chi connectivity index (χ2v) is 6.25. The number of pyridine rings is 1. The number of likely N-dealkylation sites (N-methyl/N-ethyl adjacent to an activating group) is 1. The summed E-state index contributed by atoms with van der Waals surface area (Å²) in [5, 5.41) is 14.1. The van der Waals surface area contributed by atoms with E-state index in [0.29, 0.717) is 24.2 Å². The lowest BCUT2D eigenvalue weighted by Crippen LogP contribution is -2.29. The Morgan fingerprint density at radius 2 is 2.00 bits per heavy atom. The van der Waals surface area contributed by atoms with Crippen LogP contribution in [0.25, 0.3) is 11.3 Å². The maximum atomic E-state index is 13.2. The molecule has 2 heterocycles. The third kappa shape index (κ3) is 4.20. The number of carbonyl (C=O) groups excluding carboxylic acids is 1. The van der Waals surface area contributed by atoms with Crippen molar-refractivity contribution in [3.05, 3.63) is 71.5 Å². The summed E-state index contributed by atoms with van der Waals surface area (Å²) in [5.74, 6) is -0.790. The van der Waals surface area contributed by atoms with E-state index in [9.17, 15) is 14.3 Å². The highest BCUT2D eigenvalue weighted by molar-refractivity contribution is 5.94. The molecule has 27 heavy (non-hydrogen) atoms. The lowest BCUT2D eigenvalue weighted by Gasteiger charge is -2.16. The molecule has 6 nitrogen and oxygen atoms in total. The first-order chi connectivity index (χ1) is 13.0. The Bertz CT molecular complexity index is 908. The quantitative estimate of drug-likeness (QED) is 0.722. The number of nitrogens with zero attached hydrogens (tertiary/aromatic N) is 3. The highest BCUT2D eigenvalue weighted by Crippen LogP contribution is 2.31. The molecule has 0 fully saturated rings. The predicted molar refractivity (Wildman–Crippen MR) is 97.4 cm³/mol. The van der Waals surface area contributed by atoms with Crippen LogP contribution >= 0.6 is 0 Å². The van der Waals surface area contributed by atoms with Gasteiger partial charge in [0.05, 0.1) is 11.7 Å². The highest BCUT2D eigenvalue weighted by Gasteiger charge is 2.28. The van der Waals surface area contributed by atoms with Crippen molar-refractivity contribution in [2.45, 2.75) is 19.4 Å². The molecular formula is C20H20FN3O3. The van der Waals surface area contributed by atoms with Crippen LogP contribution in [0.5, 0.6) is 0 Å². The zero-order chi connectivity index (χ0) is 19.4. The normalized spacial score (nSPS) is 12.0. The summed E-state index contributed by atoms with van der Waals surface area (Å²) >= 11 is 0. The van der Waals surface area contributed by atoms with Crippen LogP contribution in [0.15, 0.2) is 53.2 Å². The first-order valence-electron chi connectivity index (χ1n) is 8.56. The topological polar surface area (TPSA) is 79.5 Å². The maximum Gasteiger partial charge on any atom is 0.292 e. The minimum absolute atomic E-state index is 0.0205. The number of aromatic nitrogens is 2. The van der Waals surface area contributed by atoms with Crippen LogP contribution in [0.4, 0.5) is 4.39 Å². The van der Waals surface area contributed by atoms with Gasteiger partial charge in [-0.25, -0.2) is 4.39 Å². The van der Waals surface area contributed by atoms with Gasteiger partial charge in [-0.3, -0.25) is 9.78 Å². The van der Waals surface area contributed by atoms with E-state index < -0.39 is 6.10 Å². The first-order valence-corrected chi connectivity index (χ1v) is 8.56. The minimum atomic E-state index is -0.973.